The number of hydrogen-bond acceptors (Lipinski definition) is 5. The summed E-state index contributed by atoms with van der Waals surface area (Å²) in [5.74, 6) is -5.20. The van der Waals surface area contributed by atoms with Gasteiger partial charge in [-0.3, -0.25) is 0 Å². The minimum absolute atomic E-state index is 0.179. The third-order valence-corrected chi connectivity index (χ3v) is 4.00. The van der Waals surface area contributed by atoms with Gasteiger partial charge in [-0.15, -0.1) is 0 Å². The van der Waals surface area contributed by atoms with Crippen LogP contribution in [0.1, 0.15) is 18.1 Å². The molecule has 0 aliphatic rings. The molecule has 0 fully saturated rings. The lowest BCUT2D eigenvalue weighted by Gasteiger charge is -2.35. The molecule has 2 aromatic rings. The molecule has 0 saturated carbocycles. The SMILES string of the molecule is CCOC(=O)C(F)(F)C(O)(c1ccc(OC)cc1)c1ccc(OC)cc1. The number of alkyl halides is 2. The monoisotopic (exact) mass is 366 g/mol. The second kappa shape index (κ2) is 7.70. The van der Waals surface area contributed by atoms with E-state index in [1.54, 1.807) is 0 Å². The number of carbonyl (C=O) groups is 1. The van der Waals surface area contributed by atoms with E-state index in [9.17, 15) is 9.90 Å². The van der Waals surface area contributed by atoms with Crippen molar-refractivity contribution < 1.29 is 32.9 Å². The number of benzene rings is 2. The Morgan fingerprint density at radius 2 is 1.31 bits per heavy atom. The van der Waals surface area contributed by atoms with E-state index in [0.29, 0.717) is 11.5 Å². The van der Waals surface area contributed by atoms with E-state index in [1.165, 1.54) is 69.7 Å². The van der Waals surface area contributed by atoms with Gasteiger partial charge in [-0.05, 0) is 42.3 Å². The maximum atomic E-state index is 15.0. The van der Waals surface area contributed by atoms with E-state index >= 15 is 8.78 Å². The third kappa shape index (κ3) is 3.35. The summed E-state index contributed by atoms with van der Waals surface area (Å²) in [4.78, 5) is 11.9. The Bertz CT molecular complexity index is 694. The fourth-order valence-corrected chi connectivity index (χ4v) is 2.56. The Balaban J connectivity index is 2.64. The maximum absolute atomic E-state index is 15.0. The van der Waals surface area contributed by atoms with Crippen molar-refractivity contribution in [2.45, 2.75) is 18.4 Å². The van der Waals surface area contributed by atoms with Gasteiger partial charge in [0.2, 0.25) is 0 Å². The molecule has 0 aliphatic heterocycles. The van der Waals surface area contributed by atoms with Crippen molar-refractivity contribution in [1.29, 1.82) is 0 Å². The average Bonchev–Trinajstić information content (AvgIpc) is 2.67. The molecule has 0 radical (unpaired) electrons. The molecule has 7 heteroatoms. The molecule has 2 rings (SSSR count). The van der Waals surface area contributed by atoms with Crippen LogP contribution in [0.3, 0.4) is 0 Å². The first-order chi connectivity index (χ1) is 12.3. The molecular formula is C19H20F2O5. The Morgan fingerprint density at radius 1 is 0.923 bits per heavy atom. The molecule has 2 aromatic carbocycles. The summed E-state index contributed by atoms with van der Waals surface area (Å²) in [5, 5.41) is 11.1. The topological polar surface area (TPSA) is 65.0 Å². The molecule has 0 bridgehead atoms. The van der Waals surface area contributed by atoms with Gasteiger partial charge < -0.3 is 19.3 Å². The van der Waals surface area contributed by atoms with E-state index in [-0.39, 0.29) is 17.7 Å². The van der Waals surface area contributed by atoms with E-state index in [0.717, 1.165) is 0 Å². The van der Waals surface area contributed by atoms with Crippen LogP contribution in [0.25, 0.3) is 0 Å². The van der Waals surface area contributed by atoms with Crippen molar-refractivity contribution in [3.05, 3.63) is 59.7 Å². The molecule has 0 atom stereocenters. The number of hydrogen-bond donors (Lipinski definition) is 1. The number of esters is 1. The van der Waals surface area contributed by atoms with Crippen molar-refractivity contribution >= 4 is 5.97 Å². The van der Waals surface area contributed by atoms with Crippen LogP contribution in [0.4, 0.5) is 8.78 Å². The highest BCUT2D eigenvalue weighted by Crippen LogP contribution is 2.44. The quantitative estimate of drug-likeness (QED) is 0.763. The highest BCUT2D eigenvalue weighted by Gasteiger charge is 2.61. The van der Waals surface area contributed by atoms with Gasteiger partial charge in [-0.25, -0.2) is 4.79 Å². The predicted octanol–water partition coefficient (Wildman–Crippen LogP) is 3.14. The second-order valence-corrected chi connectivity index (χ2v) is 5.46. The maximum Gasteiger partial charge on any atom is 0.380 e. The molecule has 1 N–H and O–H groups in total. The van der Waals surface area contributed by atoms with Gasteiger partial charge >= 0.3 is 11.9 Å². The van der Waals surface area contributed by atoms with E-state index < -0.39 is 17.5 Å². The average molecular weight is 366 g/mol. The molecule has 0 aromatic heterocycles. The molecule has 0 spiro atoms. The van der Waals surface area contributed by atoms with Crippen molar-refractivity contribution in [3.8, 4) is 11.5 Å². The summed E-state index contributed by atoms with van der Waals surface area (Å²) in [6.07, 6.45) is 0. The van der Waals surface area contributed by atoms with Gasteiger partial charge in [0.05, 0.1) is 20.8 Å². The van der Waals surface area contributed by atoms with Crippen LogP contribution < -0.4 is 9.47 Å². The summed E-state index contributed by atoms with van der Waals surface area (Å²) in [6, 6.07) is 10.8. The van der Waals surface area contributed by atoms with Gasteiger partial charge in [0.15, 0.2) is 5.60 Å². The lowest BCUT2D eigenvalue weighted by atomic mass is 9.80. The van der Waals surface area contributed by atoms with Crippen LogP contribution in [0, 0.1) is 0 Å². The lowest BCUT2D eigenvalue weighted by Crippen LogP contribution is -2.52. The molecule has 0 heterocycles. The third-order valence-electron chi connectivity index (χ3n) is 4.00. The fourth-order valence-electron chi connectivity index (χ4n) is 2.56. The zero-order valence-electron chi connectivity index (χ0n) is 14.7. The first kappa shape index (κ1) is 19.7. The molecule has 26 heavy (non-hydrogen) atoms. The Kier molecular flexibility index (Phi) is 5.82. The fraction of sp³-hybridized carbons (Fsp3) is 0.316. The molecule has 5 nitrogen and oxygen atoms in total. The molecule has 0 amide bonds. The van der Waals surface area contributed by atoms with Crippen molar-refractivity contribution in [1.82, 2.24) is 0 Å². The Morgan fingerprint density at radius 3 is 1.62 bits per heavy atom. The number of aliphatic hydroxyl groups is 1. The van der Waals surface area contributed by atoms with Crippen LogP contribution in [0.2, 0.25) is 0 Å². The van der Waals surface area contributed by atoms with Gasteiger partial charge in [-0.1, -0.05) is 24.3 Å². The molecular weight excluding hydrogens is 346 g/mol. The summed E-state index contributed by atoms with van der Waals surface area (Å²) in [5.41, 5.74) is -3.29. The summed E-state index contributed by atoms with van der Waals surface area (Å²) >= 11 is 0. The van der Waals surface area contributed by atoms with Crippen molar-refractivity contribution in [3.63, 3.8) is 0 Å². The predicted molar refractivity (Wildman–Crippen MR) is 90.6 cm³/mol. The van der Waals surface area contributed by atoms with Crippen molar-refractivity contribution in [2.24, 2.45) is 0 Å². The number of halogens is 2. The highest BCUT2D eigenvalue weighted by molar-refractivity contribution is 5.81. The van der Waals surface area contributed by atoms with E-state index in [1.807, 2.05) is 0 Å². The van der Waals surface area contributed by atoms with E-state index in [4.69, 9.17) is 9.47 Å². The molecule has 140 valence electrons. The number of ether oxygens (including phenoxy) is 3. The van der Waals surface area contributed by atoms with Gasteiger partial charge in [0.25, 0.3) is 0 Å². The van der Waals surface area contributed by atoms with Crippen LogP contribution in [-0.2, 0) is 15.1 Å². The normalized spacial score (nSPS) is 11.8. The molecule has 0 unspecified atom stereocenters. The van der Waals surface area contributed by atoms with Crippen LogP contribution in [0.15, 0.2) is 48.5 Å². The van der Waals surface area contributed by atoms with Crippen LogP contribution in [-0.4, -0.2) is 37.8 Å². The number of carbonyl (C=O) groups excluding carboxylic acids is 1. The first-order valence-electron chi connectivity index (χ1n) is 7.87. The highest BCUT2D eigenvalue weighted by atomic mass is 19.3. The Labute approximate surface area is 150 Å². The molecule has 0 saturated heterocycles. The van der Waals surface area contributed by atoms with Gasteiger partial charge in [-0.2, -0.15) is 8.78 Å². The first-order valence-corrected chi connectivity index (χ1v) is 7.87. The smallest absolute Gasteiger partial charge is 0.380 e. The van der Waals surface area contributed by atoms with Gasteiger partial charge in [0, 0.05) is 0 Å². The van der Waals surface area contributed by atoms with Crippen LogP contribution >= 0.6 is 0 Å². The number of rotatable bonds is 7. The summed E-state index contributed by atoms with van der Waals surface area (Å²) < 4.78 is 44.5. The summed E-state index contributed by atoms with van der Waals surface area (Å²) in [6.45, 7) is 1.17. The number of methoxy groups -OCH3 is 2. The van der Waals surface area contributed by atoms with Crippen molar-refractivity contribution in [2.75, 3.05) is 20.8 Å². The minimum Gasteiger partial charge on any atom is -0.497 e. The molecule has 0 aliphatic carbocycles. The van der Waals surface area contributed by atoms with E-state index in [2.05, 4.69) is 4.74 Å². The minimum atomic E-state index is -4.23. The van der Waals surface area contributed by atoms with Gasteiger partial charge in [0.1, 0.15) is 11.5 Å². The second-order valence-electron chi connectivity index (χ2n) is 5.46. The largest absolute Gasteiger partial charge is 0.497 e. The standard InChI is InChI=1S/C19H20F2O5/c1-4-26-17(22)19(20,21)18(23,13-5-9-15(24-2)10-6-13)14-7-11-16(25-3)12-8-14/h5-12,23H,4H2,1-3H3. The summed E-state index contributed by atoms with van der Waals surface area (Å²) in [7, 11) is 2.86. The Hall–Kier alpha value is -2.67. The lowest BCUT2D eigenvalue weighted by molar-refractivity contribution is -0.206. The zero-order chi connectivity index (χ0) is 19.4. The van der Waals surface area contributed by atoms with Crippen LogP contribution in [0.5, 0.6) is 11.5 Å². The zero-order valence-corrected chi connectivity index (χ0v) is 14.7.